The molecule has 0 spiro atoms. The Kier molecular flexibility index (Phi) is 3.78. The summed E-state index contributed by atoms with van der Waals surface area (Å²) in [5.41, 5.74) is 1.80. The van der Waals surface area contributed by atoms with Gasteiger partial charge in [-0.25, -0.2) is 13.8 Å². The lowest BCUT2D eigenvalue weighted by molar-refractivity contribution is 0.0797. The Morgan fingerprint density at radius 2 is 2.10 bits per heavy atom. The number of halogens is 2. The van der Waals surface area contributed by atoms with Crippen LogP contribution in [0.3, 0.4) is 0 Å². The maximum atomic E-state index is 12.2. The number of nitrogens with zero attached hydrogens (tertiary/aromatic N) is 1. The van der Waals surface area contributed by atoms with Gasteiger partial charge in [-0.3, -0.25) is 0 Å². The van der Waals surface area contributed by atoms with Gasteiger partial charge < -0.3 is 10.1 Å². The van der Waals surface area contributed by atoms with Crippen molar-refractivity contribution >= 4 is 10.9 Å². The highest BCUT2D eigenvalue weighted by Gasteiger charge is 2.20. The molecule has 106 valence electrons. The number of ether oxygens (including phenoxy) is 1. The van der Waals surface area contributed by atoms with Gasteiger partial charge in [0, 0.05) is 24.0 Å². The normalized spacial score (nSPS) is 14.9. The standard InChI is InChI=1S/C15H16F2N2O/c16-14(17)9-20-15-7-10(8-18-11-5-6-11)12-3-1-2-4-13(12)19-15/h1-4,7,11,14,18H,5-6,8-9H2. The molecular formula is C15H16F2N2O. The summed E-state index contributed by atoms with van der Waals surface area (Å²) in [5, 5.41) is 4.46. The number of rotatable bonds is 6. The lowest BCUT2D eigenvalue weighted by atomic mass is 10.1. The van der Waals surface area contributed by atoms with Crippen molar-refractivity contribution in [3.63, 3.8) is 0 Å². The maximum Gasteiger partial charge on any atom is 0.272 e. The van der Waals surface area contributed by atoms with Crippen LogP contribution in [0.1, 0.15) is 18.4 Å². The molecule has 0 aliphatic heterocycles. The molecule has 3 nitrogen and oxygen atoms in total. The van der Waals surface area contributed by atoms with E-state index in [0.29, 0.717) is 12.6 Å². The fourth-order valence-electron chi connectivity index (χ4n) is 2.13. The van der Waals surface area contributed by atoms with Gasteiger partial charge in [-0.1, -0.05) is 18.2 Å². The van der Waals surface area contributed by atoms with Crippen molar-refractivity contribution in [2.45, 2.75) is 31.9 Å². The third-order valence-electron chi connectivity index (χ3n) is 3.29. The van der Waals surface area contributed by atoms with Crippen LogP contribution in [-0.4, -0.2) is 24.1 Å². The number of para-hydroxylation sites is 1. The quantitative estimate of drug-likeness (QED) is 0.881. The molecule has 0 unspecified atom stereocenters. The van der Waals surface area contributed by atoms with E-state index in [9.17, 15) is 8.78 Å². The summed E-state index contributed by atoms with van der Waals surface area (Å²) in [6.45, 7) is 0.0829. The smallest absolute Gasteiger partial charge is 0.272 e. The Morgan fingerprint density at radius 3 is 2.85 bits per heavy atom. The molecule has 5 heteroatoms. The fraction of sp³-hybridized carbons (Fsp3) is 0.400. The van der Waals surface area contributed by atoms with E-state index in [4.69, 9.17) is 4.74 Å². The first-order chi connectivity index (χ1) is 9.72. The van der Waals surface area contributed by atoms with Crippen molar-refractivity contribution in [2.75, 3.05) is 6.61 Å². The Balaban J connectivity index is 1.87. The summed E-state index contributed by atoms with van der Waals surface area (Å²) in [4.78, 5) is 4.27. The summed E-state index contributed by atoms with van der Waals surface area (Å²) in [7, 11) is 0. The Bertz CT molecular complexity index is 599. The average Bonchev–Trinajstić information content (AvgIpc) is 3.26. The summed E-state index contributed by atoms with van der Waals surface area (Å²) < 4.78 is 29.5. The summed E-state index contributed by atoms with van der Waals surface area (Å²) in [6.07, 6.45) is -0.0773. The first-order valence-electron chi connectivity index (χ1n) is 6.75. The summed E-state index contributed by atoms with van der Waals surface area (Å²) >= 11 is 0. The highest BCUT2D eigenvalue weighted by Crippen LogP contribution is 2.24. The van der Waals surface area contributed by atoms with Crippen LogP contribution in [0.15, 0.2) is 30.3 Å². The van der Waals surface area contributed by atoms with Gasteiger partial charge in [0.05, 0.1) is 5.52 Å². The molecular weight excluding hydrogens is 262 g/mol. The van der Waals surface area contributed by atoms with Crippen molar-refractivity contribution in [3.05, 3.63) is 35.9 Å². The second-order valence-electron chi connectivity index (χ2n) is 4.99. The van der Waals surface area contributed by atoms with Crippen molar-refractivity contribution in [3.8, 4) is 5.88 Å². The lowest BCUT2D eigenvalue weighted by Gasteiger charge is -2.11. The van der Waals surface area contributed by atoms with Crippen molar-refractivity contribution in [1.82, 2.24) is 10.3 Å². The lowest BCUT2D eigenvalue weighted by Crippen LogP contribution is -2.16. The zero-order valence-electron chi connectivity index (χ0n) is 11.0. The fourth-order valence-corrected chi connectivity index (χ4v) is 2.13. The Labute approximate surface area is 116 Å². The largest absolute Gasteiger partial charge is 0.472 e. The molecule has 0 amide bonds. The van der Waals surface area contributed by atoms with Crippen LogP contribution >= 0.6 is 0 Å². The van der Waals surface area contributed by atoms with E-state index in [1.54, 1.807) is 6.07 Å². The molecule has 1 aliphatic carbocycles. The molecule has 1 aliphatic rings. The molecule has 1 heterocycles. The van der Waals surface area contributed by atoms with Crippen LogP contribution in [0.5, 0.6) is 5.88 Å². The number of benzene rings is 1. The van der Waals surface area contributed by atoms with Crippen molar-refractivity contribution in [2.24, 2.45) is 0 Å². The second-order valence-corrected chi connectivity index (χ2v) is 4.99. The minimum absolute atomic E-state index is 0.261. The van der Waals surface area contributed by atoms with Crippen LogP contribution in [-0.2, 0) is 6.54 Å². The molecule has 0 atom stereocenters. The SMILES string of the molecule is FC(F)COc1cc(CNC2CC2)c2ccccc2n1. The minimum atomic E-state index is -2.49. The van der Waals surface area contributed by atoms with Gasteiger partial charge in [0.25, 0.3) is 6.43 Å². The van der Waals surface area contributed by atoms with Crippen LogP contribution in [0.4, 0.5) is 8.78 Å². The van der Waals surface area contributed by atoms with E-state index in [1.807, 2.05) is 24.3 Å². The zero-order valence-corrected chi connectivity index (χ0v) is 11.0. The van der Waals surface area contributed by atoms with Gasteiger partial charge in [-0.2, -0.15) is 0 Å². The molecule has 0 saturated heterocycles. The molecule has 1 fully saturated rings. The van der Waals surface area contributed by atoms with E-state index in [-0.39, 0.29) is 5.88 Å². The summed E-state index contributed by atoms with van der Waals surface area (Å²) in [6, 6.07) is 10.0. The molecule has 2 aromatic rings. The average molecular weight is 278 g/mol. The molecule has 1 N–H and O–H groups in total. The number of alkyl halides is 2. The number of aromatic nitrogens is 1. The molecule has 1 aromatic carbocycles. The van der Waals surface area contributed by atoms with E-state index >= 15 is 0 Å². The van der Waals surface area contributed by atoms with Gasteiger partial charge in [0.1, 0.15) is 0 Å². The number of pyridine rings is 1. The molecule has 0 bridgehead atoms. The highest BCUT2D eigenvalue weighted by atomic mass is 19.3. The maximum absolute atomic E-state index is 12.2. The van der Waals surface area contributed by atoms with Crippen LogP contribution < -0.4 is 10.1 Å². The molecule has 3 rings (SSSR count). The van der Waals surface area contributed by atoms with Gasteiger partial charge in [0.15, 0.2) is 6.61 Å². The first-order valence-corrected chi connectivity index (χ1v) is 6.75. The first kappa shape index (κ1) is 13.2. The summed E-state index contributed by atoms with van der Waals surface area (Å²) in [5.74, 6) is 0.261. The van der Waals surface area contributed by atoms with E-state index in [1.165, 1.54) is 12.8 Å². The van der Waals surface area contributed by atoms with Crippen LogP contribution in [0, 0.1) is 0 Å². The third kappa shape index (κ3) is 3.22. The molecule has 20 heavy (non-hydrogen) atoms. The van der Waals surface area contributed by atoms with E-state index < -0.39 is 13.0 Å². The number of nitrogens with one attached hydrogen (secondary N) is 1. The Morgan fingerprint density at radius 1 is 1.30 bits per heavy atom. The zero-order chi connectivity index (χ0) is 13.9. The second kappa shape index (κ2) is 5.71. The van der Waals surface area contributed by atoms with Gasteiger partial charge in [-0.15, -0.1) is 0 Å². The molecule has 0 radical (unpaired) electrons. The minimum Gasteiger partial charge on any atom is -0.472 e. The van der Waals surface area contributed by atoms with Crippen LogP contribution in [0.25, 0.3) is 10.9 Å². The van der Waals surface area contributed by atoms with E-state index in [0.717, 1.165) is 16.5 Å². The molecule has 1 aromatic heterocycles. The monoisotopic (exact) mass is 278 g/mol. The number of hydrogen-bond donors (Lipinski definition) is 1. The number of fused-ring (bicyclic) bond motifs is 1. The van der Waals surface area contributed by atoms with Crippen molar-refractivity contribution < 1.29 is 13.5 Å². The highest BCUT2D eigenvalue weighted by molar-refractivity contribution is 5.82. The van der Waals surface area contributed by atoms with E-state index in [2.05, 4.69) is 10.3 Å². The van der Waals surface area contributed by atoms with Crippen molar-refractivity contribution in [1.29, 1.82) is 0 Å². The van der Waals surface area contributed by atoms with Crippen LogP contribution in [0.2, 0.25) is 0 Å². The Hall–Kier alpha value is -1.75. The predicted molar refractivity (Wildman–Crippen MR) is 73.1 cm³/mol. The van der Waals surface area contributed by atoms with Gasteiger partial charge in [-0.05, 0) is 24.5 Å². The van der Waals surface area contributed by atoms with Gasteiger partial charge in [0.2, 0.25) is 5.88 Å². The predicted octanol–water partition coefficient (Wildman–Crippen LogP) is 3.13. The number of hydrogen-bond acceptors (Lipinski definition) is 3. The van der Waals surface area contributed by atoms with Gasteiger partial charge >= 0.3 is 0 Å². The third-order valence-corrected chi connectivity index (χ3v) is 3.29. The molecule has 1 saturated carbocycles. The topological polar surface area (TPSA) is 34.1 Å².